The Hall–Kier alpha value is -4.29. The van der Waals surface area contributed by atoms with Gasteiger partial charge in [-0.2, -0.15) is 0 Å². The van der Waals surface area contributed by atoms with E-state index in [1.807, 2.05) is 24.3 Å². The number of piperidine rings is 1. The smallest absolute Gasteiger partial charge is 0.336 e. The van der Waals surface area contributed by atoms with Crippen molar-refractivity contribution in [1.29, 1.82) is 0 Å². The number of likely N-dealkylation sites (tertiary alicyclic amines) is 1. The maximum atomic E-state index is 13.2. The molecule has 1 fully saturated rings. The van der Waals surface area contributed by atoms with Gasteiger partial charge in [0.1, 0.15) is 6.04 Å². The molecule has 1 aliphatic carbocycles. The van der Waals surface area contributed by atoms with Gasteiger partial charge in [-0.15, -0.1) is 0 Å². The molecule has 12 heteroatoms. The number of aliphatic carboxylic acids is 3. The first-order valence-corrected chi connectivity index (χ1v) is 14.7. The van der Waals surface area contributed by atoms with Gasteiger partial charge in [0, 0.05) is 32.1 Å². The van der Waals surface area contributed by atoms with Gasteiger partial charge in [-0.1, -0.05) is 42.5 Å². The quantitative estimate of drug-likeness (QED) is 0.281. The van der Waals surface area contributed by atoms with Crippen LogP contribution in [0.3, 0.4) is 0 Å². The molecule has 2 heterocycles. The summed E-state index contributed by atoms with van der Waals surface area (Å²) >= 11 is 0. The summed E-state index contributed by atoms with van der Waals surface area (Å²) in [7, 11) is 1.64. The maximum Gasteiger partial charge on any atom is 0.336 e. The van der Waals surface area contributed by atoms with Gasteiger partial charge in [-0.25, -0.2) is 4.79 Å². The Bertz CT molecular complexity index is 1400. The zero-order chi connectivity index (χ0) is 32.1. The largest absolute Gasteiger partial charge is 0.481 e. The number of para-hydroxylation sites is 1. The third-order valence-electron chi connectivity index (χ3n) is 9.00. The predicted molar refractivity (Wildman–Crippen MR) is 159 cm³/mol. The van der Waals surface area contributed by atoms with Crippen LogP contribution in [0.5, 0.6) is 0 Å². The van der Waals surface area contributed by atoms with Crippen molar-refractivity contribution in [3.63, 3.8) is 0 Å². The van der Waals surface area contributed by atoms with Crippen LogP contribution in [0.4, 0.5) is 5.69 Å². The summed E-state index contributed by atoms with van der Waals surface area (Å²) in [6.07, 6.45) is 3.56. The van der Waals surface area contributed by atoms with E-state index in [1.54, 1.807) is 17.5 Å². The normalized spacial score (nSPS) is 18.5. The first-order chi connectivity index (χ1) is 20.9. The van der Waals surface area contributed by atoms with Gasteiger partial charge in [0.25, 0.3) is 0 Å². The van der Waals surface area contributed by atoms with E-state index in [9.17, 15) is 24.0 Å². The van der Waals surface area contributed by atoms with E-state index in [4.69, 9.17) is 20.4 Å². The van der Waals surface area contributed by atoms with Gasteiger partial charge < -0.3 is 30.6 Å². The number of hydrogen-bond acceptors (Lipinski definition) is 7. The molecule has 1 saturated heterocycles. The Morgan fingerprint density at radius 1 is 0.886 bits per heavy atom. The summed E-state index contributed by atoms with van der Waals surface area (Å²) in [6.45, 7) is 2.84. The molecule has 2 aromatic rings. The van der Waals surface area contributed by atoms with Gasteiger partial charge in [0.2, 0.25) is 11.8 Å². The van der Waals surface area contributed by atoms with Crippen LogP contribution in [-0.2, 0) is 42.2 Å². The summed E-state index contributed by atoms with van der Waals surface area (Å²) in [5.74, 6) is -5.07. The molecule has 44 heavy (non-hydrogen) atoms. The summed E-state index contributed by atoms with van der Waals surface area (Å²) in [5, 5.41) is 36.5. The number of hydrogen-bond donors (Lipinski definition) is 5. The molecule has 0 unspecified atom stereocenters. The number of amides is 2. The van der Waals surface area contributed by atoms with Crippen LogP contribution in [-0.4, -0.2) is 93.4 Å². The van der Waals surface area contributed by atoms with Crippen LogP contribution >= 0.6 is 0 Å². The summed E-state index contributed by atoms with van der Waals surface area (Å²) in [4.78, 5) is 60.3. The minimum atomic E-state index is -2.74. The minimum absolute atomic E-state index is 0.0463. The zero-order valence-electron chi connectivity index (χ0n) is 24.7. The fourth-order valence-corrected chi connectivity index (χ4v) is 6.65. The Morgan fingerprint density at radius 2 is 1.48 bits per heavy atom. The highest BCUT2D eigenvalue weighted by molar-refractivity contribution is 6.03. The first kappa shape index (κ1) is 32.6. The number of aryl methyl sites for hydroxylation is 1. The fraction of sp³-hybridized carbons (Fsp3) is 0.469. The van der Waals surface area contributed by atoms with E-state index in [2.05, 4.69) is 34.5 Å². The molecule has 12 nitrogen and oxygen atoms in total. The highest BCUT2D eigenvalue weighted by atomic mass is 16.4. The van der Waals surface area contributed by atoms with Gasteiger partial charge in [-0.05, 0) is 66.9 Å². The van der Waals surface area contributed by atoms with Crippen molar-refractivity contribution in [3.8, 4) is 0 Å². The highest BCUT2D eigenvalue weighted by Gasteiger charge is 2.42. The monoisotopic (exact) mass is 609 g/mol. The molecule has 0 radical (unpaired) electrons. The number of anilines is 1. The zero-order valence-corrected chi connectivity index (χ0v) is 24.7. The number of likely N-dealkylation sites (N-methyl/N-ethyl adjacent to an activating group) is 1. The number of fused-ring (bicyclic) bond motifs is 3. The molecule has 0 saturated carbocycles. The Kier molecular flexibility index (Phi) is 10.1. The molecule has 2 aliphatic heterocycles. The van der Waals surface area contributed by atoms with Crippen LogP contribution in [0, 0.1) is 0 Å². The maximum absolute atomic E-state index is 13.2. The van der Waals surface area contributed by atoms with E-state index in [0.29, 0.717) is 18.3 Å². The lowest BCUT2D eigenvalue weighted by atomic mass is 9.74. The lowest BCUT2D eigenvalue weighted by molar-refractivity contribution is -0.170. The molecule has 3 aliphatic rings. The van der Waals surface area contributed by atoms with Crippen LogP contribution in [0.15, 0.2) is 48.5 Å². The van der Waals surface area contributed by atoms with E-state index in [1.165, 1.54) is 31.2 Å². The highest BCUT2D eigenvalue weighted by Crippen LogP contribution is 2.46. The van der Waals surface area contributed by atoms with Crippen LogP contribution in [0.2, 0.25) is 0 Å². The minimum Gasteiger partial charge on any atom is -0.481 e. The summed E-state index contributed by atoms with van der Waals surface area (Å²) in [6, 6.07) is 16.4. The SMILES string of the molecule is CNC(=O)[C@@H]1Cc2ccccc2N1C(=O)CCN1CCC2(CCc3ccccc32)CC1.O=C(O)CC(O)(CC(=O)O)C(=O)O. The standard InChI is InChI=1S/C26H31N3O2.C6H8O7/c1-27-25(31)23-18-20-7-3-5-9-22(20)29(23)24(30)11-15-28-16-13-26(14-17-28)12-10-19-6-2-4-8-21(19)26;7-3(8)1-6(13,5(11)12)2-4(9)10/h2-9,23H,10-18H2,1H3,(H,27,31);13H,1-2H2,(H,7,8)(H,9,10)(H,11,12)/t23-;/m0./s1. The lowest BCUT2D eigenvalue weighted by Crippen LogP contribution is -2.48. The van der Waals surface area contributed by atoms with Gasteiger partial charge >= 0.3 is 17.9 Å². The van der Waals surface area contributed by atoms with Crippen LogP contribution in [0.25, 0.3) is 0 Å². The van der Waals surface area contributed by atoms with E-state index >= 15 is 0 Å². The number of benzene rings is 2. The molecule has 0 bridgehead atoms. The molecular weight excluding hydrogens is 570 g/mol. The summed E-state index contributed by atoms with van der Waals surface area (Å²) in [5.41, 5.74) is 2.66. The number of aliphatic hydroxyl groups is 1. The van der Waals surface area contributed by atoms with Gasteiger partial charge in [0.05, 0.1) is 12.8 Å². The molecule has 5 N–H and O–H groups in total. The number of nitrogens with zero attached hydrogens (tertiary/aromatic N) is 2. The average molecular weight is 610 g/mol. The Balaban J connectivity index is 0.000000289. The molecule has 2 amide bonds. The van der Waals surface area contributed by atoms with Crippen LogP contribution < -0.4 is 10.2 Å². The molecule has 236 valence electrons. The number of carbonyl (C=O) groups is 5. The second-order valence-corrected chi connectivity index (χ2v) is 11.7. The van der Waals surface area contributed by atoms with Crippen molar-refractivity contribution in [1.82, 2.24) is 10.2 Å². The number of carbonyl (C=O) groups excluding carboxylic acids is 2. The molecule has 5 rings (SSSR count). The number of carboxylic acids is 3. The van der Waals surface area contributed by atoms with E-state index in [0.717, 1.165) is 30.9 Å². The van der Waals surface area contributed by atoms with Crippen molar-refractivity contribution in [2.75, 3.05) is 31.6 Å². The van der Waals surface area contributed by atoms with E-state index in [-0.39, 0.29) is 11.8 Å². The Labute approximate surface area is 255 Å². The van der Waals surface area contributed by atoms with Crippen molar-refractivity contribution < 1.29 is 44.4 Å². The first-order valence-electron chi connectivity index (χ1n) is 14.7. The van der Waals surface area contributed by atoms with Crippen molar-refractivity contribution in [2.24, 2.45) is 0 Å². The van der Waals surface area contributed by atoms with Crippen molar-refractivity contribution in [3.05, 3.63) is 65.2 Å². The molecule has 1 spiro atoms. The second-order valence-electron chi connectivity index (χ2n) is 11.7. The van der Waals surface area contributed by atoms with Gasteiger partial charge in [0.15, 0.2) is 5.60 Å². The number of carboxylic acid groups (broad SMARTS) is 3. The molecule has 0 aromatic heterocycles. The van der Waals surface area contributed by atoms with Crippen molar-refractivity contribution in [2.45, 2.75) is 68.4 Å². The lowest BCUT2D eigenvalue weighted by Gasteiger charge is -2.40. The number of nitrogens with one attached hydrogen (secondary N) is 1. The van der Waals surface area contributed by atoms with Crippen molar-refractivity contribution >= 4 is 35.4 Å². The predicted octanol–water partition coefficient (Wildman–Crippen LogP) is 1.81. The average Bonchev–Trinajstić information content (AvgIpc) is 3.55. The number of rotatable bonds is 9. The van der Waals surface area contributed by atoms with Gasteiger partial charge in [-0.3, -0.25) is 24.1 Å². The third kappa shape index (κ3) is 7.08. The topological polar surface area (TPSA) is 185 Å². The second kappa shape index (κ2) is 13.6. The molecular formula is C32H39N3O9. The molecule has 2 aromatic carbocycles. The molecule has 1 atom stereocenters. The van der Waals surface area contributed by atoms with Crippen LogP contribution in [0.1, 0.15) is 55.2 Å². The van der Waals surface area contributed by atoms with E-state index < -0.39 is 42.4 Å². The Morgan fingerprint density at radius 3 is 2.07 bits per heavy atom. The third-order valence-corrected chi connectivity index (χ3v) is 9.00. The fourth-order valence-electron chi connectivity index (χ4n) is 6.65. The summed E-state index contributed by atoms with van der Waals surface area (Å²) < 4.78 is 0.